The third kappa shape index (κ3) is 9.01. The Kier molecular flexibility index (Phi) is 12.1. The van der Waals surface area contributed by atoms with Gasteiger partial charge in [0.05, 0.1) is 29.6 Å². The minimum Gasteiger partial charge on any atom is -0.496 e. The highest BCUT2D eigenvalue weighted by atomic mass is 16.5. The van der Waals surface area contributed by atoms with E-state index < -0.39 is 27.6 Å². The molecule has 2 aromatic carbocycles. The molecule has 0 heterocycles. The van der Waals surface area contributed by atoms with E-state index in [1.165, 1.54) is 6.08 Å². The normalized spacial score (nSPS) is 12.8. The molecule has 7 heteroatoms. The molecule has 0 aliphatic carbocycles. The number of esters is 2. The van der Waals surface area contributed by atoms with Crippen LogP contribution in [0.2, 0.25) is 0 Å². The van der Waals surface area contributed by atoms with Crippen molar-refractivity contribution >= 4 is 23.8 Å². The number of carbonyl (C=O) groups excluding carboxylic acids is 3. The molecule has 0 aliphatic rings. The van der Waals surface area contributed by atoms with Crippen LogP contribution in [-0.2, 0) is 20.4 Å². The molecule has 0 saturated heterocycles. The Bertz CT molecular complexity index is 1440. The first kappa shape index (κ1) is 38.6. The Morgan fingerprint density at radius 1 is 0.696 bits per heavy atom. The third-order valence-corrected chi connectivity index (χ3v) is 8.25. The number of hydrogen-bond donors (Lipinski definition) is 0. The molecule has 0 aromatic heterocycles. The van der Waals surface area contributed by atoms with Crippen LogP contribution in [0.4, 0.5) is 0 Å². The van der Waals surface area contributed by atoms with Crippen molar-refractivity contribution in [3.63, 3.8) is 0 Å². The lowest BCUT2D eigenvalue weighted by Gasteiger charge is -2.36. The average molecular weight is 637 g/mol. The summed E-state index contributed by atoms with van der Waals surface area (Å²) in [6.07, 6.45) is 4.43. The van der Waals surface area contributed by atoms with E-state index in [4.69, 9.17) is 18.9 Å². The van der Waals surface area contributed by atoms with E-state index in [1.54, 1.807) is 79.0 Å². The highest BCUT2D eigenvalue weighted by molar-refractivity contribution is 6.07. The van der Waals surface area contributed by atoms with Gasteiger partial charge in [-0.1, -0.05) is 41.5 Å². The van der Waals surface area contributed by atoms with E-state index in [0.29, 0.717) is 34.1 Å². The van der Waals surface area contributed by atoms with Gasteiger partial charge in [0.25, 0.3) is 0 Å². The first-order valence-electron chi connectivity index (χ1n) is 16.2. The molecule has 46 heavy (non-hydrogen) atoms. The van der Waals surface area contributed by atoms with Crippen LogP contribution in [0.15, 0.2) is 30.3 Å². The molecule has 0 unspecified atom stereocenters. The molecule has 7 nitrogen and oxygen atoms in total. The first-order valence-corrected chi connectivity index (χ1v) is 16.2. The maximum Gasteiger partial charge on any atom is 0.316 e. The number of benzene rings is 2. The van der Waals surface area contributed by atoms with Crippen molar-refractivity contribution in [2.75, 3.05) is 7.11 Å². The fourth-order valence-electron chi connectivity index (χ4n) is 4.55. The van der Waals surface area contributed by atoms with Gasteiger partial charge in [-0.2, -0.15) is 0 Å². The predicted molar refractivity (Wildman–Crippen MR) is 185 cm³/mol. The van der Waals surface area contributed by atoms with Crippen LogP contribution < -0.4 is 18.9 Å². The summed E-state index contributed by atoms with van der Waals surface area (Å²) >= 11 is 0. The van der Waals surface area contributed by atoms with Crippen LogP contribution in [0.5, 0.6) is 23.0 Å². The molecule has 2 aromatic rings. The lowest BCUT2D eigenvalue weighted by atomic mass is 9.73. The van der Waals surface area contributed by atoms with E-state index in [-0.39, 0.29) is 17.9 Å². The molecule has 0 radical (unpaired) electrons. The summed E-state index contributed by atoms with van der Waals surface area (Å²) in [6, 6.07) is 6.45. The third-order valence-electron chi connectivity index (χ3n) is 8.25. The maximum absolute atomic E-state index is 13.6. The van der Waals surface area contributed by atoms with Gasteiger partial charge in [0.2, 0.25) is 0 Å². The molecule has 0 bridgehead atoms. The standard InChI is InChI=1S/C39H56O7/c1-16-38(11,12)29-31(44-24(3)4)27(22-23-28(40)25-18-20-26(21-19-25)45-34(41)36(5,6)7)32(46-35(42)37(8,9)10)30(33(29)43-15)39(13,14)17-2/h18-24H,16-17H2,1-15H3. The van der Waals surface area contributed by atoms with Crippen LogP contribution in [-0.4, -0.2) is 30.9 Å². The van der Waals surface area contributed by atoms with Crippen LogP contribution in [0.1, 0.15) is 137 Å². The average Bonchev–Trinajstić information content (AvgIpc) is 2.94. The maximum atomic E-state index is 13.6. The van der Waals surface area contributed by atoms with Crippen molar-refractivity contribution in [1.29, 1.82) is 0 Å². The summed E-state index contributed by atoms with van der Waals surface area (Å²) in [4.78, 5) is 39.4. The second-order valence-corrected chi connectivity index (χ2v) is 15.5. The Labute approximate surface area is 277 Å². The number of allylic oxidation sites excluding steroid dienone is 1. The number of methoxy groups -OCH3 is 1. The van der Waals surface area contributed by atoms with Crippen molar-refractivity contribution in [2.45, 2.75) is 127 Å². The van der Waals surface area contributed by atoms with Crippen molar-refractivity contribution in [3.05, 3.63) is 52.6 Å². The molecule has 0 amide bonds. The van der Waals surface area contributed by atoms with Crippen LogP contribution in [0.25, 0.3) is 6.08 Å². The van der Waals surface area contributed by atoms with Crippen LogP contribution >= 0.6 is 0 Å². The van der Waals surface area contributed by atoms with Crippen molar-refractivity contribution < 1.29 is 33.3 Å². The van der Waals surface area contributed by atoms with Gasteiger partial charge in [-0.25, -0.2) is 0 Å². The van der Waals surface area contributed by atoms with Crippen LogP contribution in [0.3, 0.4) is 0 Å². The molecular formula is C39H56O7. The monoisotopic (exact) mass is 636 g/mol. The molecule has 254 valence electrons. The number of ether oxygens (including phenoxy) is 4. The van der Waals surface area contributed by atoms with Gasteiger partial charge < -0.3 is 18.9 Å². The second-order valence-electron chi connectivity index (χ2n) is 15.5. The van der Waals surface area contributed by atoms with Gasteiger partial charge in [-0.15, -0.1) is 0 Å². The van der Waals surface area contributed by atoms with Crippen molar-refractivity contribution in [3.8, 4) is 23.0 Å². The summed E-state index contributed by atoms with van der Waals surface area (Å²) in [5.74, 6) is 0.760. The predicted octanol–water partition coefficient (Wildman–Crippen LogP) is 9.66. The van der Waals surface area contributed by atoms with Gasteiger partial charge in [-0.3, -0.25) is 14.4 Å². The summed E-state index contributed by atoms with van der Waals surface area (Å²) in [6.45, 7) is 27.3. The molecule has 0 aliphatic heterocycles. The topological polar surface area (TPSA) is 88.1 Å². The SMILES string of the molecule is CCC(C)(C)c1c(OC(=O)C(C)(C)C)c(C=CC(=O)c2ccc(OC(=O)C(C)(C)C)cc2)c(OC(C)C)c(C(C)(C)CC)c1OC. The Hall–Kier alpha value is -3.61. The molecule has 0 atom stereocenters. The van der Waals surface area contributed by atoms with E-state index >= 15 is 0 Å². The van der Waals surface area contributed by atoms with Gasteiger partial charge in [0, 0.05) is 16.7 Å². The summed E-state index contributed by atoms with van der Waals surface area (Å²) in [5.41, 5.74) is 0.197. The smallest absolute Gasteiger partial charge is 0.316 e. The zero-order valence-electron chi connectivity index (χ0n) is 30.8. The molecule has 0 saturated carbocycles. The van der Waals surface area contributed by atoms with Gasteiger partial charge in [0.1, 0.15) is 23.0 Å². The minimum atomic E-state index is -0.795. The molecular weight excluding hydrogens is 580 g/mol. The number of rotatable bonds is 12. The number of carbonyl (C=O) groups is 3. The largest absolute Gasteiger partial charge is 0.496 e. The highest BCUT2D eigenvalue weighted by Crippen LogP contribution is 2.54. The fourth-order valence-corrected chi connectivity index (χ4v) is 4.55. The van der Waals surface area contributed by atoms with Gasteiger partial charge >= 0.3 is 11.9 Å². The minimum absolute atomic E-state index is 0.224. The molecule has 0 fully saturated rings. The molecule has 0 spiro atoms. The number of ketones is 1. The Morgan fingerprint density at radius 3 is 1.57 bits per heavy atom. The Balaban J connectivity index is 2.95. The first-order chi connectivity index (χ1) is 21.0. The quantitative estimate of drug-likeness (QED) is 0.0992. The van der Waals surface area contributed by atoms with Crippen molar-refractivity contribution in [2.24, 2.45) is 10.8 Å². The Morgan fingerprint density at radius 2 is 1.15 bits per heavy atom. The summed E-state index contributed by atoms with van der Waals surface area (Å²) in [7, 11) is 1.63. The zero-order valence-corrected chi connectivity index (χ0v) is 30.8. The lowest BCUT2D eigenvalue weighted by Crippen LogP contribution is -2.30. The van der Waals surface area contributed by atoms with E-state index in [2.05, 4.69) is 41.5 Å². The van der Waals surface area contributed by atoms with Gasteiger partial charge in [-0.05, 0) is 115 Å². The zero-order chi connectivity index (χ0) is 35.4. The summed E-state index contributed by atoms with van der Waals surface area (Å²) < 4.78 is 24.5. The van der Waals surface area contributed by atoms with Gasteiger partial charge in [0.15, 0.2) is 5.78 Å². The molecule has 0 N–H and O–H groups in total. The van der Waals surface area contributed by atoms with E-state index in [9.17, 15) is 14.4 Å². The molecule has 2 rings (SSSR count). The van der Waals surface area contributed by atoms with Crippen molar-refractivity contribution in [1.82, 2.24) is 0 Å². The van der Waals surface area contributed by atoms with E-state index in [0.717, 1.165) is 24.0 Å². The van der Waals surface area contributed by atoms with E-state index in [1.807, 2.05) is 13.8 Å². The second kappa shape index (κ2) is 14.4. The highest BCUT2D eigenvalue weighted by Gasteiger charge is 2.40. The number of hydrogen-bond acceptors (Lipinski definition) is 7. The summed E-state index contributed by atoms with van der Waals surface area (Å²) in [5, 5.41) is 0. The fraction of sp³-hybridized carbons (Fsp3) is 0.564. The van der Waals surface area contributed by atoms with Crippen LogP contribution in [0, 0.1) is 10.8 Å². The lowest BCUT2D eigenvalue weighted by molar-refractivity contribution is -0.143.